The number of rotatable bonds is 5. The van der Waals surface area contributed by atoms with Gasteiger partial charge in [0.15, 0.2) is 0 Å². The highest BCUT2D eigenvalue weighted by Crippen LogP contribution is 2.31. The summed E-state index contributed by atoms with van der Waals surface area (Å²) in [4.78, 5) is 38.3. The van der Waals surface area contributed by atoms with Crippen molar-refractivity contribution in [2.75, 3.05) is 13.1 Å². The monoisotopic (exact) mass is 398 g/mol. The number of halogens is 1. The predicted octanol–water partition coefficient (Wildman–Crippen LogP) is 3.91. The number of imide groups is 1. The molecule has 7 heteroatoms. The fourth-order valence-electron chi connectivity index (χ4n) is 2.78. The van der Waals surface area contributed by atoms with Crippen molar-refractivity contribution in [3.63, 3.8) is 0 Å². The molecule has 2 aromatic rings. The first-order valence-electron chi connectivity index (χ1n) is 8.72. The second-order valence-electron chi connectivity index (χ2n) is 6.39. The summed E-state index contributed by atoms with van der Waals surface area (Å²) in [6.07, 6.45) is 1.55. The number of nitrogens with zero attached hydrogens (tertiary/aromatic N) is 1. The number of carbonyl (C=O) groups excluding carboxylic acids is 3. The molecule has 0 spiro atoms. The second-order valence-corrected chi connectivity index (χ2v) is 7.38. The Hall–Kier alpha value is -2.93. The highest BCUT2D eigenvalue weighted by atomic mass is 32.2. The Morgan fingerprint density at radius 3 is 2.57 bits per heavy atom. The number of thioether (sulfide) groups is 1. The second kappa shape index (κ2) is 8.39. The van der Waals surface area contributed by atoms with Gasteiger partial charge in [0.2, 0.25) is 0 Å². The van der Waals surface area contributed by atoms with Crippen LogP contribution in [0.1, 0.15) is 27.0 Å². The molecule has 1 aliphatic heterocycles. The molecule has 0 unspecified atom stereocenters. The van der Waals surface area contributed by atoms with Gasteiger partial charge < -0.3 is 5.32 Å². The molecule has 1 heterocycles. The first-order chi connectivity index (χ1) is 13.4. The lowest BCUT2D eigenvalue weighted by atomic mass is 10.0. The van der Waals surface area contributed by atoms with Gasteiger partial charge in [0.25, 0.3) is 17.1 Å². The highest BCUT2D eigenvalue weighted by molar-refractivity contribution is 8.18. The maximum Gasteiger partial charge on any atom is 0.293 e. The molecule has 3 amide bonds. The molecule has 144 valence electrons. The number of nitrogens with one attached hydrogen (secondary N) is 1. The van der Waals surface area contributed by atoms with Crippen molar-refractivity contribution in [1.82, 2.24) is 10.2 Å². The third-order valence-corrected chi connectivity index (χ3v) is 5.42. The van der Waals surface area contributed by atoms with Gasteiger partial charge in [-0.3, -0.25) is 19.3 Å². The van der Waals surface area contributed by atoms with Crippen LogP contribution in [0.5, 0.6) is 0 Å². The molecule has 1 N–H and O–H groups in total. The quantitative estimate of drug-likeness (QED) is 0.776. The van der Waals surface area contributed by atoms with E-state index < -0.39 is 5.91 Å². The van der Waals surface area contributed by atoms with Crippen molar-refractivity contribution in [1.29, 1.82) is 0 Å². The Balaban J connectivity index is 1.61. The van der Waals surface area contributed by atoms with Crippen LogP contribution in [0.15, 0.2) is 47.4 Å². The van der Waals surface area contributed by atoms with Crippen LogP contribution in [0.3, 0.4) is 0 Å². The largest absolute Gasteiger partial charge is 0.350 e. The van der Waals surface area contributed by atoms with Gasteiger partial charge in [0.1, 0.15) is 5.82 Å². The van der Waals surface area contributed by atoms with Gasteiger partial charge in [-0.1, -0.05) is 24.3 Å². The van der Waals surface area contributed by atoms with E-state index in [4.69, 9.17) is 0 Å². The lowest BCUT2D eigenvalue weighted by Gasteiger charge is -2.14. The van der Waals surface area contributed by atoms with E-state index in [2.05, 4.69) is 5.32 Å². The first kappa shape index (κ1) is 19.8. The van der Waals surface area contributed by atoms with Crippen molar-refractivity contribution in [3.8, 4) is 0 Å². The molecule has 28 heavy (non-hydrogen) atoms. The summed E-state index contributed by atoms with van der Waals surface area (Å²) in [7, 11) is 0. The minimum atomic E-state index is -0.416. The maximum atomic E-state index is 13.0. The zero-order valence-corrected chi connectivity index (χ0v) is 16.3. The number of amides is 3. The molecule has 1 aliphatic rings. The van der Waals surface area contributed by atoms with Gasteiger partial charge in [-0.15, -0.1) is 0 Å². The van der Waals surface area contributed by atoms with Crippen LogP contribution in [-0.2, 0) is 4.79 Å². The molecule has 0 bridgehead atoms. The van der Waals surface area contributed by atoms with E-state index in [-0.39, 0.29) is 35.0 Å². The van der Waals surface area contributed by atoms with Crippen LogP contribution in [0.4, 0.5) is 9.18 Å². The van der Waals surface area contributed by atoms with E-state index in [0.717, 1.165) is 27.8 Å². The molecule has 5 nitrogen and oxygen atoms in total. The standard InChI is InChI=1S/C21H19FN2O3S/c1-13-4-3-5-17(14(13)2)19(25)23-10-11-24-20(26)18(28-21(24)27)12-15-6-8-16(22)9-7-15/h3-9,12H,10-11H2,1-2H3,(H,23,25)/b18-12+. The molecule has 3 rings (SSSR count). The number of carbonyl (C=O) groups is 3. The fraction of sp³-hybridized carbons (Fsp3) is 0.190. The molecule has 1 saturated heterocycles. The third-order valence-electron chi connectivity index (χ3n) is 4.51. The van der Waals surface area contributed by atoms with E-state index >= 15 is 0 Å². The zero-order valence-electron chi connectivity index (χ0n) is 15.5. The fourth-order valence-corrected chi connectivity index (χ4v) is 3.64. The van der Waals surface area contributed by atoms with Crippen molar-refractivity contribution in [3.05, 3.63) is 75.4 Å². The van der Waals surface area contributed by atoms with Crippen LogP contribution in [-0.4, -0.2) is 35.0 Å². The Kier molecular flexibility index (Phi) is 5.94. The zero-order chi connectivity index (χ0) is 20.3. The van der Waals surface area contributed by atoms with Gasteiger partial charge in [0.05, 0.1) is 4.91 Å². The SMILES string of the molecule is Cc1cccc(C(=O)NCCN2C(=O)S/C(=C/c3ccc(F)cc3)C2=O)c1C. The van der Waals surface area contributed by atoms with Gasteiger partial charge in [0, 0.05) is 18.7 Å². The molecule has 1 fully saturated rings. The van der Waals surface area contributed by atoms with Crippen LogP contribution < -0.4 is 5.32 Å². The molecular weight excluding hydrogens is 379 g/mol. The normalized spacial score (nSPS) is 15.4. The van der Waals surface area contributed by atoms with E-state index in [1.807, 2.05) is 26.0 Å². The number of hydrogen-bond acceptors (Lipinski definition) is 4. The molecule has 0 aromatic heterocycles. The van der Waals surface area contributed by atoms with Crippen LogP contribution in [0.25, 0.3) is 6.08 Å². The van der Waals surface area contributed by atoms with Crippen LogP contribution in [0.2, 0.25) is 0 Å². The van der Waals surface area contributed by atoms with E-state index in [9.17, 15) is 18.8 Å². The summed E-state index contributed by atoms with van der Waals surface area (Å²) in [5.74, 6) is -1.03. The topological polar surface area (TPSA) is 66.5 Å². The maximum absolute atomic E-state index is 13.0. The average molecular weight is 398 g/mol. The molecular formula is C21H19FN2O3S. The lowest BCUT2D eigenvalue weighted by molar-refractivity contribution is -0.122. The van der Waals surface area contributed by atoms with Crippen LogP contribution in [0, 0.1) is 19.7 Å². The van der Waals surface area contributed by atoms with E-state index in [1.165, 1.54) is 24.3 Å². The first-order valence-corrected chi connectivity index (χ1v) is 9.54. The number of aryl methyl sites for hydroxylation is 1. The lowest BCUT2D eigenvalue weighted by Crippen LogP contribution is -2.37. The van der Waals surface area contributed by atoms with Crippen molar-refractivity contribution < 1.29 is 18.8 Å². The predicted molar refractivity (Wildman–Crippen MR) is 107 cm³/mol. The summed E-state index contributed by atoms with van der Waals surface area (Å²) in [5, 5.41) is 2.36. The van der Waals surface area contributed by atoms with Crippen LogP contribution >= 0.6 is 11.8 Å². The summed E-state index contributed by atoms with van der Waals surface area (Å²) in [6.45, 7) is 4.05. The summed E-state index contributed by atoms with van der Waals surface area (Å²) in [5.41, 5.74) is 3.12. The van der Waals surface area contributed by atoms with Crippen molar-refractivity contribution in [2.45, 2.75) is 13.8 Å². The van der Waals surface area contributed by atoms with E-state index in [0.29, 0.717) is 11.1 Å². The van der Waals surface area contributed by atoms with Gasteiger partial charge >= 0.3 is 0 Å². The summed E-state index contributed by atoms with van der Waals surface area (Å²) in [6, 6.07) is 11.1. The van der Waals surface area contributed by atoms with Gasteiger partial charge in [-0.2, -0.15) is 0 Å². The summed E-state index contributed by atoms with van der Waals surface area (Å²) < 4.78 is 13.0. The Labute approximate surface area is 166 Å². The highest BCUT2D eigenvalue weighted by Gasteiger charge is 2.34. The third kappa shape index (κ3) is 4.31. The summed E-state index contributed by atoms with van der Waals surface area (Å²) >= 11 is 0.833. The minimum absolute atomic E-state index is 0.0853. The molecule has 2 aromatic carbocycles. The van der Waals surface area contributed by atoms with Crippen molar-refractivity contribution >= 4 is 34.9 Å². The minimum Gasteiger partial charge on any atom is -0.350 e. The Bertz CT molecular complexity index is 970. The average Bonchev–Trinajstić information content (AvgIpc) is 2.93. The Morgan fingerprint density at radius 2 is 1.86 bits per heavy atom. The number of hydrogen-bond donors (Lipinski definition) is 1. The smallest absolute Gasteiger partial charge is 0.293 e. The Morgan fingerprint density at radius 1 is 1.14 bits per heavy atom. The molecule has 0 saturated carbocycles. The van der Waals surface area contributed by atoms with Gasteiger partial charge in [-0.05, 0) is 66.6 Å². The number of benzene rings is 2. The van der Waals surface area contributed by atoms with Crippen molar-refractivity contribution in [2.24, 2.45) is 0 Å². The molecule has 0 atom stereocenters. The van der Waals surface area contributed by atoms with Gasteiger partial charge in [-0.25, -0.2) is 4.39 Å². The van der Waals surface area contributed by atoms with E-state index in [1.54, 1.807) is 12.1 Å². The molecule has 0 radical (unpaired) electrons. The molecule has 0 aliphatic carbocycles.